The molecule has 154 valence electrons. The van der Waals surface area contributed by atoms with Gasteiger partial charge in [0.1, 0.15) is 18.0 Å². The third kappa shape index (κ3) is 4.67. The lowest BCUT2D eigenvalue weighted by atomic mass is 9.89. The highest BCUT2D eigenvalue weighted by Gasteiger charge is 2.30. The lowest BCUT2D eigenvalue weighted by molar-refractivity contribution is -0.137. The largest absolute Gasteiger partial charge is 0.416 e. The van der Waals surface area contributed by atoms with E-state index in [0.717, 1.165) is 56.3 Å². The van der Waals surface area contributed by atoms with Gasteiger partial charge in [0.15, 0.2) is 0 Å². The lowest BCUT2D eigenvalue weighted by Gasteiger charge is -2.34. The van der Waals surface area contributed by atoms with Crippen molar-refractivity contribution in [2.75, 3.05) is 23.7 Å². The topological polar surface area (TPSA) is 105 Å². The molecule has 6 nitrogen and oxygen atoms in total. The van der Waals surface area contributed by atoms with E-state index in [4.69, 9.17) is 16.9 Å². The van der Waals surface area contributed by atoms with Crippen molar-refractivity contribution >= 4 is 23.4 Å². The lowest BCUT2D eigenvalue weighted by Crippen LogP contribution is -2.35. The number of nitrogens with one attached hydrogen (secondary N) is 1. The van der Waals surface area contributed by atoms with E-state index >= 15 is 0 Å². The summed E-state index contributed by atoms with van der Waals surface area (Å²) in [6, 6.07) is 5.39. The first-order valence-corrected chi connectivity index (χ1v) is 9.27. The van der Waals surface area contributed by atoms with Crippen LogP contribution in [-0.2, 0) is 12.6 Å². The average molecular weight is 404 g/mol. The van der Waals surface area contributed by atoms with Gasteiger partial charge in [-0.3, -0.25) is 0 Å². The summed E-state index contributed by atoms with van der Waals surface area (Å²) in [5, 5.41) is 7.54. The van der Waals surface area contributed by atoms with Gasteiger partial charge in [0.25, 0.3) is 0 Å². The van der Waals surface area contributed by atoms with E-state index in [1.165, 1.54) is 12.5 Å². The normalized spacial score (nSPS) is 16.1. The van der Waals surface area contributed by atoms with Crippen molar-refractivity contribution in [2.45, 2.75) is 25.4 Å². The zero-order valence-electron chi connectivity index (χ0n) is 15.8. The molecule has 0 atom stereocenters. The van der Waals surface area contributed by atoms with E-state index in [0.29, 0.717) is 22.9 Å². The van der Waals surface area contributed by atoms with Crippen molar-refractivity contribution in [3.8, 4) is 0 Å². The zero-order chi connectivity index (χ0) is 21.0. The third-order valence-corrected chi connectivity index (χ3v) is 5.20. The second-order valence-corrected chi connectivity index (χ2v) is 7.05. The Kier molecular flexibility index (Phi) is 6.05. The predicted octanol–water partition coefficient (Wildman–Crippen LogP) is 3.49. The third-order valence-electron chi connectivity index (χ3n) is 5.20. The molecule has 3 rings (SSSR count). The van der Waals surface area contributed by atoms with Crippen LogP contribution in [0.25, 0.3) is 5.57 Å². The van der Waals surface area contributed by atoms with Gasteiger partial charge < -0.3 is 21.8 Å². The van der Waals surface area contributed by atoms with Crippen LogP contribution in [0.1, 0.15) is 29.5 Å². The van der Waals surface area contributed by atoms with Gasteiger partial charge in [-0.2, -0.15) is 13.2 Å². The predicted molar refractivity (Wildman–Crippen MR) is 107 cm³/mol. The molecule has 1 aliphatic heterocycles. The Bertz CT molecular complexity index is 884. The number of nitrogen functional groups attached to an aromatic ring is 1. The highest BCUT2D eigenvalue weighted by Crippen LogP contribution is 2.32. The second-order valence-electron chi connectivity index (χ2n) is 7.05. The summed E-state index contributed by atoms with van der Waals surface area (Å²) in [4.78, 5) is 10.4. The highest BCUT2D eigenvalue weighted by atomic mass is 19.4. The minimum absolute atomic E-state index is 0.266. The van der Waals surface area contributed by atoms with Crippen LogP contribution >= 0.6 is 0 Å². The van der Waals surface area contributed by atoms with Gasteiger partial charge in [0.2, 0.25) is 0 Å². The highest BCUT2D eigenvalue weighted by molar-refractivity contribution is 6.12. The number of anilines is 2. The van der Waals surface area contributed by atoms with Crippen molar-refractivity contribution in [1.82, 2.24) is 9.97 Å². The van der Waals surface area contributed by atoms with Crippen molar-refractivity contribution in [2.24, 2.45) is 11.7 Å². The standard InChI is InChI=1S/C20H23F3N6/c21-20(22,23)16-3-1-13(2-4-16)9-14-5-7-29(8-6-14)19-17(15(10-24)11-25)18(26)27-12-28-19/h1-4,10-12,14,24H,5-9,25H2,(H2,26,27,28)/b15-11+,24-10?. The Labute approximate surface area is 167 Å². The number of rotatable bonds is 5. The van der Waals surface area contributed by atoms with Crippen LogP contribution in [0.5, 0.6) is 0 Å². The Hall–Kier alpha value is -3.10. The van der Waals surface area contributed by atoms with Crippen LogP contribution in [-0.4, -0.2) is 29.3 Å². The molecule has 1 saturated heterocycles. The molecule has 2 aromatic rings. The molecule has 1 aromatic heterocycles. The molecule has 5 N–H and O–H groups in total. The van der Waals surface area contributed by atoms with Gasteiger partial charge in [-0.1, -0.05) is 12.1 Å². The molecule has 0 unspecified atom stereocenters. The Balaban J connectivity index is 1.67. The fraction of sp³-hybridized carbons (Fsp3) is 0.350. The SMILES string of the molecule is N=C/C(=C\N)c1c(N)ncnc1N1CCC(Cc2ccc(C(F)(F)F)cc2)CC1. The minimum Gasteiger partial charge on any atom is -0.404 e. The van der Waals surface area contributed by atoms with Crippen molar-refractivity contribution < 1.29 is 13.2 Å². The van der Waals surface area contributed by atoms with E-state index in [1.54, 1.807) is 12.1 Å². The first-order chi connectivity index (χ1) is 13.8. The molecule has 9 heteroatoms. The Morgan fingerprint density at radius 2 is 1.83 bits per heavy atom. The fourth-order valence-corrected chi connectivity index (χ4v) is 3.62. The number of alkyl halides is 3. The molecule has 0 bridgehead atoms. The summed E-state index contributed by atoms with van der Waals surface area (Å²) in [5.41, 5.74) is 12.9. The van der Waals surface area contributed by atoms with Gasteiger partial charge in [0, 0.05) is 31.1 Å². The smallest absolute Gasteiger partial charge is 0.404 e. The number of halogens is 3. The van der Waals surface area contributed by atoms with E-state index < -0.39 is 11.7 Å². The monoisotopic (exact) mass is 404 g/mol. The first kappa shape index (κ1) is 20.6. The number of benzene rings is 1. The molecular formula is C20H23F3N6. The minimum atomic E-state index is -4.31. The molecule has 0 aliphatic carbocycles. The van der Waals surface area contributed by atoms with E-state index in [9.17, 15) is 13.2 Å². The van der Waals surface area contributed by atoms with Crippen molar-refractivity contribution in [3.63, 3.8) is 0 Å². The molecule has 0 amide bonds. The summed E-state index contributed by atoms with van der Waals surface area (Å²) < 4.78 is 38.1. The maximum Gasteiger partial charge on any atom is 0.416 e. The van der Waals surface area contributed by atoms with Gasteiger partial charge in [-0.05, 0) is 42.9 Å². The maximum absolute atomic E-state index is 12.7. The van der Waals surface area contributed by atoms with Crippen LogP contribution in [0.3, 0.4) is 0 Å². The number of nitrogens with two attached hydrogens (primary N) is 2. The number of aromatic nitrogens is 2. The number of piperidine rings is 1. The molecule has 0 saturated carbocycles. The van der Waals surface area contributed by atoms with Gasteiger partial charge in [-0.15, -0.1) is 0 Å². The van der Waals surface area contributed by atoms with E-state index in [-0.39, 0.29) is 5.82 Å². The molecule has 1 aromatic carbocycles. The second kappa shape index (κ2) is 8.50. The number of allylic oxidation sites excluding steroid dienone is 1. The summed E-state index contributed by atoms with van der Waals surface area (Å²) >= 11 is 0. The zero-order valence-corrected chi connectivity index (χ0v) is 15.8. The van der Waals surface area contributed by atoms with Crippen LogP contribution in [0.2, 0.25) is 0 Å². The summed E-state index contributed by atoms with van der Waals surface area (Å²) in [6.07, 6.45) is 1.99. The molecule has 29 heavy (non-hydrogen) atoms. The summed E-state index contributed by atoms with van der Waals surface area (Å²) in [6.45, 7) is 1.45. The van der Waals surface area contributed by atoms with Gasteiger partial charge in [0.05, 0.1) is 11.1 Å². The summed E-state index contributed by atoms with van der Waals surface area (Å²) in [7, 11) is 0. The molecular weight excluding hydrogens is 381 g/mol. The van der Waals surface area contributed by atoms with E-state index in [1.807, 2.05) is 0 Å². The van der Waals surface area contributed by atoms with Crippen molar-refractivity contribution in [1.29, 1.82) is 5.41 Å². The molecule has 1 fully saturated rings. The van der Waals surface area contributed by atoms with Gasteiger partial charge >= 0.3 is 6.18 Å². The maximum atomic E-state index is 12.7. The van der Waals surface area contributed by atoms with Crippen molar-refractivity contribution in [3.05, 3.63) is 53.5 Å². The Morgan fingerprint density at radius 3 is 2.38 bits per heavy atom. The first-order valence-electron chi connectivity index (χ1n) is 9.27. The molecule has 0 radical (unpaired) electrons. The fourth-order valence-electron chi connectivity index (χ4n) is 3.62. The number of nitrogens with zero attached hydrogens (tertiary/aromatic N) is 3. The average Bonchev–Trinajstić information content (AvgIpc) is 2.70. The quantitative estimate of drug-likeness (QED) is 0.662. The van der Waals surface area contributed by atoms with Crippen LogP contribution < -0.4 is 16.4 Å². The van der Waals surface area contributed by atoms with Crippen LogP contribution in [0, 0.1) is 11.3 Å². The van der Waals surface area contributed by atoms with E-state index in [2.05, 4.69) is 14.9 Å². The summed E-state index contributed by atoms with van der Waals surface area (Å²) in [5.74, 6) is 1.28. The molecule has 1 aliphatic rings. The van der Waals surface area contributed by atoms with Crippen LogP contribution in [0.15, 0.2) is 36.8 Å². The van der Waals surface area contributed by atoms with Crippen LogP contribution in [0.4, 0.5) is 24.8 Å². The van der Waals surface area contributed by atoms with Gasteiger partial charge in [-0.25, -0.2) is 9.97 Å². The number of hydrogen-bond acceptors (Lipinski definition) is 6. The number of hydrogen-bond donors (Lipinski definition) is 3. The molecule has 2 heterocycles. The molecule has 0 spiro atoms. The Morgan fingerprint density at radius 1 is 1.17 bits per heavy atom.